The minimum absolute atomic E-state index is 0.0877. The molecule has 0 fully saturated rings. The van der Waals surface area contributed by atoms with Crippen LogP contribution in [0.3, 0.4) is 0 Å². The van der Waals surface area contributed by atoms with Crippen molar-refractivity contribution in [2.24, 2.45) is 0 Å². The van der Waals surface area contributed by atoms with Crippen molar-refractivity contribution in [2.45, 2.75) is 19.6 Å². The molecular formula is C9H12N2O. The Morgan fingerprint density at radius 1 is 1.58 bits per heavy atom. The number of rotatable bonds is 1. The van der Waals surface area contributed by atoms with Crippen LogP contribution in [-0.2, 0) is 0 Å². The highest BCUT2D eigenvalue weighted by Gasteiger charge is 2.21. The molecule has 1 aliphatic rings. The summed E-state index contributed by atoms with van der Waals surface area (Å²) in [6.45, 7) is 2.07. The van der Waals surface area contributed by atoms with Gasteiger partial charge in [0, 0.05) is 6.42 Å². The van der Waals surface area contributed by atoms with Gasteiger partial charge in [0.1, 0.15) is 11.4 Å². The molecule has 0 radical (unpaired) electrons. The van der Waals surface area contributed by atoms with Crippen LogP contribution in [0.25, 0.3) is 0 Å². The van der Waals surface area contributed by atoms with Gasteiger partial charge >= 0.3 is 0 Å². The van der Waals surface area contributed by atoms with Crippen molar-refractivity contribution in [3.63, 3.8) is 0 Å². The molecular weight excluding hydrogens is 152 g/mol. The van der Waals surface area contributed by atoms with Crippen LogP contribution in [0.4, 0.5) is 11.4 Å². The largest absolute Gasteiger partial charge is 0.469 e. The summed E-state index contributed by atoms with van der Waals surface area (Å²) in [4.78, 5) is 0. The molecule has 3 nitrogen and oxygen atoms in total. The number of hydrogen-bond acceptors (Lipinski definition) is 3. The normalized spacial score (nSPS) is 19.6. The maximum atomic E-state index is 5.75. The van der Waals surface area contributed by atoms with Crippen molar-refractivity contribution in [3.8, 4) is 5.75 Å². The van der Waals surface area contributed by atoms with Crippen LogP contribution >= 0.6 is 0 Å². The zero-order chi connectivity index (χ0) is 8.55. The second-order valence-electron chi connectivity index (χ2n) is 2.88. The summed E-state index contributed by atoms with van der Waals surface area (Å²) in [5.41, 5.74) is 7.43. The lowest BCUT2D eigenvalue weighted by atomic mass is 10.2. The highest BCUT2D eigenvalue weighted by molar-refractivity contribution is 5.75. The van der Waals surface area contributed by atoms with E-state index in [1.807, 2.05) is 18.2 Å². The number of benzene rings is 1. The van der Waals surface area contributed by atoms with Gasteiger partial charge < -0.3 is 15.8 Å². The fourth-order valence-electron chi connectivity index (χ4n) is 1.33. The second-order valence-corrected chi connectivity index (χ2v) is 2.88. The summed E-state index contributed by atoms with van der Waals surface area (Å²) >= 11 is 0. The highest BCUT2D eigenvalue weighted by Crippen LogP contribution is 2.36. The van der Waals surface area contributed by atoms with Gasteiger partial charge in [0.25, 0.3) is 0 Å². The average molecular weight is 164 g/mol. The van der Waals surface area contributed by atoms with E-state index in [4.69, 9.17) is 10.5 Å². The number of anilines is 2. The number of hydrogen-bond donors (Lipinski definition) is 2. The van der Waals surface area contributed by atoms with E-state index in [2.05, 4.69) is 12.2 Å². The maximum absolute atomic E-state index is 5.75. The standard InChI is InChI=1S/C9H12N2O/c1-2-8-11-9-6(10)4-3-5-7(9)12-8/h3-5,8,11H,2,10H2,1H3. The average Bonchev–Trinajstić information content (AvgIpc) is 2.49. The van der Waals surface area contributed by atoms with Crippen molar-refractivity contribution >= 4 is 11.4 Å². The fraction of sp³-hybridized carbons (Fsp3) is 0.333. The Hall–Kier alpha value is -1.38. The first kappa shape index (κ1) is 7.28. The van der Waals surface area contributed by atoms with Crippen molar-refractivity contribution in [2.75, 3.05) is 11.1 Å². The highest BCUT2D eigenvalue weighted by atomic mass is 16.5. The predicted molar refractivity (Wildman–Crippen MR) is 49.2 cm³/mol. The summed E-state index contributed by atoms with van der Waals surface area (Å²) in [6.07, 6.45) is 1.03. The summed E-state index contributed by atoms with van der Waals surface area (Å²) in [5, 5.41) is 3.21. The summed E-state index contributed by atoms with van der Waals surface area (Å²) in [5.74, 6) is 0.863. The molecule has 1 unspecified atom stereocenters. The lowest BCUT2D eigenvalue weighted by Crippen LogP contribution is -2.18. The van der Waals surface area contributed by atoms with E-state index in [1.54, 1.807) is 0 Å². The minimum atomic E-state index is 0.0877. The smallest absolute Gasteiger partial charge is 0.169 e. The Morgan fingerprint density at radius 2 is 2.42 bits per heavy atom. The van der Waals surface area contributed by atoms with E-state index >= 15 is 0 Å². The van der Waals surface area contributed by atoms with Crippen LogP contribution in [0.5, 0.6) is 5.75 Å². The van der Waals surface area contributed by atoms with Crippen LogP contribution in [-0.4, -0.2) is 6.23 Å². The third kappa shape index (κ3) is 0.978. The first-order valence-electron chi connectivity index (χ1n) is 4.13. The lowest BCUT2D eigenvalue weighted by Gasteiger charge is -2.06. The molecule has 0 amide bonds. The molecule has 3 heteroatoms. The van der Waals surface area contributed by atoms with Crippen molar-refractivity contribution in [3.05, 3.63) is 18.2 Å². The number of nitrogen functional groups attached to an aromatic ring is 1. The molecule has 1 aromatic carbocycles. The van der Waals surface area contributed by atoms with Crippen molar-refractivity contribution in [1.82, 2.24) is 0 Å². The van der Waals surface area contributed by atoms with E-state index in [0.29, 0.717) is 0 Å². The van der Waals surface area contributed by atoms with Gasteiger partial charge in [0.15, 0.2) is 6.23 Å². The van der Waals surface area contributed by atoms with Gasteiger partial charge in [-0.3, -0.25) is 0 Å². The van der Waals surface area contributed by atoms with Gasteiger partial charge in [-0.05, 0) is 12.1 Å². The third-order valence-electron chi connectivity index (χ3n) is 2.00. The lowest BCUT2D eigenvalue weighted by molar-refractivity contribution is 0.249. The van der Waals surface area contributed by atoms with Gasteiger partial charge in [-0.2, -0.15) is 0 Å². The number of para-hydroxylation sites is 1. The Balaban J connectivity index is 2.35. The van der Waals surface area contributed by atoms with Crippen molar-refractivity contribution in [1.29, 1.82) is 0 Å². The first-order chi connectivity index (χ1) is 5.81. The molecule has 0 aliphatic carbocycles. The summed E-state index contributed by atoms with van der Waals surface area (Å²) in [6, 6.07) is 5.69. The zero-order valence-corrected chi connectivity index (χ0v) is 7.00. The Kier molecular flexibility index (Phi) is 1.57. The Labute approximate surface area is 71.5 Å². The van der Waals surface area contributed by atoms with Gasteiger partial charge in [0.2, 0.25) is 0 Å². The van der Waals surface area contributed by atoms with Crippen LogP contribution in [0.15, 0.2) is 18.2 Å². The topological polar surface area (TPSA) is 47.3 Å². The fourth-order valence-corrected chi connectivity index (χ4v) is 1.33. The molecule has 0 saturated heterocycles. The number of fused-ring (bicyclic) bond motifs is 1. The summed E-state index contributed by atoms with van der Waals surface area (Å²) < 4.78 is 5.55. The Morgan fingerprint density at radius 3 is 3.08 bits per heavy atom. The molecule has 12 heavy (non-hydrogen) atoms. The van der Waals surface area contributed by atoms with E-state index < -0.39 is 0 Å². The quantitative estimate of drug-likeness (QED) is 0.622. The number of ether oxygens (including phenoxy) is 1. The van der Waals surface area contributed by atoms with E-state index in [-0.39, 0.29) is 6.23 Å². The molecule has 3 N–H and O–H groups in total. The van der Waals surface area contributed by atoms with Crippen LogP contribution in [0.2, 0.25) is 0 Å². The monoisotopic (exact) mass is 164 g/mol. The predicted octanol–water partition coefficient (Wildman–Crippen LogP) is 1.81. The molecule has 0 spiro atoms. The molecule has 64 valence electrons. The Bertz CT molecular complexity index is 299. The third-order valence-corrected chi connectivity index (χ3v) is 2.00. The number of nitrogens with one attached hydrogen (secondary N) is 1. The van der Waals surface area contributed by atoms with E-state index in [1.165, 1.54) is 0 Å². The van der Waals surface area contributed by atoms with Gasteiger partial charge in [-0.15, -0.1) is 0 Å². The van der Waals surface area contributed by atoms with Gasteiger partial charge in [-0.25, -0.2) is 0 Å². The molecule has 2 rings (SSSR count). The molecule has 1 heterocycles. The molecule has 1 atom stereocenters. The first-order valence-corrected chi connectivity index (χ1v) is 4.13. The molecule has 0 bridgehead atoms. The van der Waals surface area contributed by atoms with E-state index in [0.717, 1.165) is 23.5 Å². The maximum Gasteiger partial charge on any atom is 0.169 e. The van der Waals surface area contributed by atoms with Crippen molar-refractivity contribution < 1.29 is 4.74 Å². The number of nitrogens with two attached hydrogens (primary N) is 1. The van der Waals surface area contributed by atoms with Crippen LogP contribution in [0.1, 0.15) is 13.3 Å². The zero-order valence-electron chi connectivity index (χ0n) is 7.00. The van der Waals surface area contributed by atoms with E-state index in [9.17, 15) is 0 Å². The molecule has 0 saturated carbocycles. The van der Waals surface area contributed by atoms with Crippen LogP contribution < -0.4 is 15.8 Å². The minimum Gasteiger partial charge on any atom is -0.469 e. The molecule has 1 aliphatic heterocycles. The van der Waals surface area contributed by atoms with Gasteiger partial charge in [-0.1, -0.05) is 13.0 Å². The molecule has 0 aromatic heterocycles. The second kappa shape index (κ2) is 2.59. The summed E-state index contributed by atoms with van der Waals surface area (Å²) in [7, 11) is 0. The van der Waals surface area contributed by atoms with Crippen LogP contribution in [0, 0.1) is 0 Å². The van der Waals surface area contributed by atoms with Gasteiger partial charge in [0.05, 0.1) is 5.69 Å². The molecule has 1 aromatic rings. The SMILES string of the molecule is CCC1Nc2c(N)cccc2O1.